The fraction of sp³-hybridized carbons (Fsp3) is 1.00. The maximum absolute atomic E-state index is 2.66. The molecule has 0 aromatic rings. The third-order valence-electron chi connectivity index (χ3n) is 2.45. The molecule has 2 aliphatic rings. The quantitative estimate of drug-likeness (QED) is 0.572. The van der Waals surface area contributed by atoms with Crippen molar-refractivity contribution in [1.29, 1.82) is 0 Å². The molecule has 0 amide bonds. The molecule has 10 heavy (non-hydrogen) atoms. The Hall–Kier alpha value is 0.310. The molecule has 0 aliphatic carbocycles. The summed E-state index contributed by atoms with van der Waals surface area (Å²) >= 11 is 2.17. The highest BCUT2D eigenvalue weighted by Crippen LogP contribution is 2.31. The van der Waals surface area contributed by atoms with Crippen LogP contribution < -0.4 is 0 Å². The first-order chi connectivity index (χ1) is 4.97. The number of likely N-dealkylation sites (tertiary alicyclic amines) is 1. The van der Waals surface area contributed by atoms with Gasteiger partial charge in [0, 0.05) is 0 Å². The Kier molecular flexibility index (Phi) is 2.19. The predicted octanol–water partition coefficient (Wildman–Crippen LogP) is 1.94. The van der Waals surface area contributed by atoms with Crippen molar-refractivity contribution in [2.24, 2.45) is 0 Å². The zero-order valence-corrected chi connectivity index (χ0v) is 7.20. The highest BCUT2D eigenvalue weighted by Gasteiger charge is 2.24. The lowest BCUT2D eigenvalue weighted by Gasteiger charge is -2.21. The molecule has 1 unspecified atom stereocenters. The molecule has 0 N–H and O–H groups in total. The van der Waals surface area contributed by atoms with E-state index in [9.17, 15) is 0 Å². The lowest BCUT2D eigenvalue weighted by atomic mass is 10.3. The van der Waals surface area contributed by atoms with Gasteiger partial charge in [-0.2, -0.15) is 0 Å². The molecule has 0 saturated carbocycles. The first kappa shape index (κ1) is 6.99. The minimum atomic E-state index is 0.905. The van der Waals surface area contributed by atoms with E-state index in [0.29, 0.717) is 0 Å². The molecule has 2 saturated heterocycles. The standard InChI is InChI=1S/C8H15NS/c1-2-6-9(5-1)8-4-3-7-10-8/h8H,1-7H2. The van der Waals surface area contributed by atoms with Crippen LogP contribution in [0.3, 0.4) is 0 Å². The second-order valence-corrected chi connectivity index (χ2v) is 4.50. The normalized spacial score (nSPS) is 35.4. The molecule has 0 aromatic heterocycles. The van der Waals surface area contributed by atoms with E-state index in [1.165, 1.54) is 44.5 Å². The van der Waals surface area contributed by atoms with Crippen molar-refractivity contribution in [1.82, 2.24) is 4.90 Å². The van der Waals surface area contributed by atoms with E-state index in [0.717, 1.165) is 5.37 Å². The zero-order chi connectivity index (χ0) is 6.81. The molecule has 2 aliphatic heterocycles. The first-order valence-corrected chi connectivity index (χ1v) is 5.37. The van der Waals surface area contributed by atoms with Gasteiger partial charge in [0.05, 0.1) is 5.37 Å². The van der Waals surface area contributed by atoms with Crippen LogP contribution in [0.25, 0.3) is 0 Å². The summed E-state index contributed by atoms with van der Waals surface area (Å²) in [4.78, 5) is 2.66. The van der Waals surface area contributed by atoms with Crippen molar-refractivity contribution < 1.29 is 0 Å². The number of hydrogen-bond acceptors (Lipinski definition) is 2. The Morgan fingerprint density at radius 3 is 2.50 bits per heavy atom. The highest BCUT2D eigenvalue weighted by molar-refractivity contribution is 8.00. The predicted molar refractivity (Wildman–Crippen MR) is 46.3 cm³/mol. The van der Waals surface area contributed by atoms with Gasteiger partial charge in [-0.15, -0.1) is 11.8 Å². The molecule has 2 rings (SSSR count). The van der Waals surface area contributed by atoms with Gasteiger partial charge in [-0.3, -0.25) is 4.90 Å². The maximum atomic E-state index is 2.66. The third kappa shape index (κ3) is 1.32. The van der Waals surface area contributed by atoms with Gasteiger partial charge in [0.2, 0.25) is 0 Å². The van der Waals surface area contributed by atoms with Crippen LogP contribution in [0.4, 0.5) is 0 Å². The van der Waals surface area contributed by atoms with Gasteiger partial charge >= 0.3 is 0 Å². The van der Waals surface area contributed by atoms with Gasteiger partial charge in [0.1, 0.15) is 0 Å². The molecule has 58 valence electrons. The van der Waals surface area contributed by atoms with Gasteiger partial charge in [0.25, 0.3) is 0 Å². The summed E-state index contributed by atoms with van der Waals surface area (Å²) in [5.74, 6) is 1.40. The molecule has 0 radical (unpaired) electrons. The molecule has 1 nitrogen and oxygen atoms in total. The van der Waals surface area contributed by atoms with Crippen LogP contribution in [0, 0.1) is 0 Å². The lowest BCUT2D eigenvalue weighted by Crippen LogP contribution is -2.27. The summed E-state index contributed by atoms with van der Waals surface area (Å²) in [5, 5.41) is 0.905. The largest absolute Gasteiger partial charge is 0.291 e. The number of thioether (sulfide) groups is 1. The Labute approximate surface area is 67.2 Å². The number of rotatable bonds is 1. The monoisotopic (exact) mass is 157 g/mol. The second kappa shape index (κ2) is 3.14. The minimum Gasteiger partial charge on any atom is -0.291 e. The SMILES string of the molecule is C1CSC(N2CCCC2)C1. The van der Waals surface area contributed by atoms with E-state index in [2.05, 4.69) is 16.7 Å². The van der Waals surface area contributed by atoms with E-state index in [1.807, 2.05) is 0 Å². The average Bonchev–Trinajstić information content (AvgIpc) is 2.59. The smallest absolute Gasteiger partial charge is 0.0557 e. The molecule has 0 aromatic carbocycles. The molecular weight excluding hydrogens is 142 g/mol. The Morgan fingerprint density at radius 2 is 1.90 bits per heavy atom. The van der Waals surface area contributed by atoms with Crippen molar-refractivity contribution in [3.8, 4) is 0 Å². The van der Waals surface area contributed by atoms with E-state index in [-0.39, 0.29) is 0 Å². The molecule has 0 bridgehead atoms. The highest BCUT2D eigenvalue weighted by atomic mass is 32.2. The number of nitrogens with zero attached hydrogens (tertiary/aromatic N) is 1. The third-order valence-corrected chi connectivity index (χ3v) is 3.90. The van der Waals surface area contributed by atoms with Crippen molar-refractivity contribution in [2.45, 2.75) is 31.1 Å². The van der Waals surface area contributed by atoms with Crippen molar-refractivity contribution in [3.63, 3.8) is 0 Å². The minimum absolute atomic E-state index is 0.905. The van der Waals surface area contributed by atoms with Crippen LogP contribution in [-0.2, 0) is 0 Å². The fourth-order valence-corrected chi connectivity index (χ4v) is 3.24. The van der Waals surface area contributed by atoms with Gasteiger partial charge in [-0.05, 0) is 44.5 Å². The fourth-order valence-electron chi connectivity index (χ4n) is 1.88. The summed E-state index contributed by atoms with van der Waals surface area (Å²) < 4.78 is 0. The first-order valence-electron chi connectivity index (χ1n) is 4.32. The summed E-state index contributed by atoms with van der Waals surface area (Å²) in [6.45, 7) is 2.75. The van der Waals surface area contributed by atoms with E-state index >= 15 is 0 Å². The van der Waals surface area contributed by atoms with Crippen LogP contribution in [0.1, 0.15) is 25.7 Å². The Morgan fingerprint density at radius 1 is 1.10 bits per heavy atom. The Bertz CT molecular complexity index is 89.8. The molecule has 2 fully saturated rings. The topological polar surface area (TPSA) is 3.24 Å². The number of hydrogen-bond donors (Lipinski definition) is 0. The van der Waals surface area contributed by atoms with Crippen molar-refractivity contribution in [3.05, 3.63) is 0 Å². The average molecular weight is 157 g/mol. The zero-order valence-electron chi connectivity index (χ0n) is 6.38. The van der Waals surface area contributed by atoms with E-state index in [1.54, 1.807) is 0 Å². The summed E-state index contributed by atoms with van der Waals surface area (Å²) in [7, 11) is 0. The van der Waals surface area contributed by atoms with Gasteiger partial charge in [-0.1, -0.05) is 0 Å². The summed E-state index contributed by atoms with van der Waals surface area (Å²) in [6, 6.07) is 0. The van der Waals surface area contributed by atoms with E-state index in [4.69, 9.17) is 0 Å². The molecular formula is C8H15NS. The van der Waals surface area contributed by atoms with E-state index < -0.39 is 0 Å². The van der Waals surface area contributed by atoms with Crippen molar-refractivity contribution >= 4 is 11.8 Å². The second-order valence-electron chi connectivity index (χ2n) is 3.21. The van der Waals surface area contributed by atoms with Gasteiger partial charge in [0.15, 0.2) is 0 Å². The summed E-state index contributed by atoms with van der Waals surface area (Å²) in [6.07, 6.45) is 5.78. The summed E-state index contributed by atoms with van der Waals surface area (Å²) in [5.41, 5.74) is 0. The van der Waals surface area contributed by atoms with Crippen LogP contribution in [0.15, 0.2) is 0 Å². The molecule has 1 atom stereocenters. The maximum Gasteiger partial charge on any atom is 0.0557 e. The molecule has 2 heteroatoms. The van der Waals surface area contributed by atoms with Gasteiger partial charge < -0.3 is 0 Å². The molecule has 2 heterocycles. The van der Waals surface area contributed by atoms with Gasteiger partial charge in [-0.25, -0.2) is 0 Å². The van der Waals surface area contributed by atoms with Crippen LogP contribution in [0.5, 0.6) is 0 Å². The van der Waals surface area contributed by atoms with Crippen molar-refractivity contribution in [2.75, 3.05) is 18.8 Å². The van der Waals surface area contributed by atoms with Crippen LogP contribution in [-0.4, -0.2) is 29.1 Å². The van der Waals surface area contributed by atoms with Crippen LogP contribution >= 0.6 is 11.8 Å². The lowest BCUT2D eigenvalue weighted by molar-refractivity contribution is 0.312. The van der Waals surface area contributed by atoms with Crippen LogP contribution in [0.2, 0.25) is 0 Å². The molecule has 0 spiro atoms. The Balaban J connectivity index is 1.85.